The summed E-state index contributed by atoms with van der Waals surface area (Å²) in [6.07, 6.45) is 2.42. The molecule has 0 fully saturated rings. The fourth-order valence-corrected chi connectivity index (χ4v) is 2.80. The maximum absolute atomic E-state index is 5.94. The lowest BCUT2D eigenvalue weighted by Gasteiger charge is -2.11. The van der Waals surface area contributed by atoms with E-state index in [1.54, 1.807) is 11.3 Å². The lowest BCUT2D eigenvalue weighted by molar-refractivity contribution is 0.519. The molecule has 92 valence electrons. The third kappa shape index (κ3) is 3.11. The van der Waals surface area contributed by atoms with E-state index in [0.29, 0.717) is 0 Å². The maximum Gasteiger partial charge on any atom is 0.183 e. The molecule has 0 aliphatic heterocycles. The molecule has 17 heavy (non-hydrogen) atoms. The summed E-state index contributed by atoms with van der Waals surface area (Å²) in [4.78, 5) is 4.54. The molecule has 0 amide bonds. The summed E-state index contributed by atoms with van der Waals surface area (Å²) < 4.78 is 1.18. The second-order valence-electron chi connectivity index (χ2n) is 4.19. The number of nitrogens with zero attached hydrogens (tertiary/aromatic N) is 1. The van der Waals surface area contributed by atoms with Crippen molar-refractivity contribution in [2.24, 2.45) is 5.92 Å². The highest BCUT2D eigenvalue weighted by atomic mass is 35.5. The van der Waals surface area contributed by atoms with Crippen LogP contribution in [0.5, 0.6) is 0 Å². The number of nitrogens with one attached hydrogen (secondary N) is 1. The van der Waals surface area contributed by atoms with Gasteiger partial charge < -0.3 is 5.32 Å². The minimum absolute atomic E-state index is 0.727. The average Bonchev–Trinajstić information content (AvgIpc) is 2.72. The van der Waals surface area contributed by atoms with Crippen molar-refractivity contribution < 1.29 is 0 Å². The minimum atomic E-state index is 0.727. The SMILES string of the molecule is CCC(CC)CNc1nc2cc(Cl)ccc2s1. The zero-order valence-corrected chi connectivity index (χ0v) is 11.7. The molecular formula is C13H17ClN2S. The van der Waals surface area contributed by atoms with Crippen molar-refractivity contribution in [1.82, 2.24) is 4.98 Å². The number of thiazole rings is 1. The zero-order chi connectivity index (χ0) is 12.3. The quantitative estimate of drug-likeness (QED) is 0.843. The summed E-state index contributed by atoms with van der Waals surface area (Å²) in [6, 6.07) is 5.85. The number of benzene rings is 1. The van der Waals surface area contributed by atoms with Crippen LogP contribution in [0.15, 0.2) is 18.2 Å². The first-order chi connectivity index (χ1) is 8.22. The van der Waals surface area contributed by atoms with Gasteiger partial charge in [-0.3, -0.25) is 0 Å². The van der Waals surface area contributed by atoms with Crippen molar-refractivity contribution in [1.29, 1.82) is 0 Å². The van der Waals surface area contributed by atoms with Crippen molar-refractivity contribution in [3.05, 3.63) is 23.2 Å². The second kappa shape index (κ2) is 5.69. The number of halogens is 1. The van der Waals surface area contributed by atoms with Gasteiger partial charge in [0.25, 0.3) is 0 Å². The lowest BCUT2D eigenvalue weighted by Crippen LogP contribution is -2.12. The van der Waals surface area contributed by atoms with E-state index in [-0.39, 0.29) is 0 Å². The number of anilines is 1. The van der Waals surface area contributed by atoms with Gasteiger partial charge in [0.2, 0.25) is 0 Å². The Bertz CT molecular complexity index is 491. The van der Waals surface area contributed by atoms with Gasteiger partial charge in [0.1, 0.15) is 0 Å². The summed E-state index contributed by atoms with van der Waals surface area (Å²) in [5, 5.41) is 5.16. The molecule has 1 aromatic heterocycles. The maximum atomic E-state index is 5.94. The fourth-order valence-electron chi connectivity index (χ4n) is 1.79. The summed E-state index contributed by atoms with van der Waals surface area (Å²) in [6.45, 7) is 5.46. The van der Waals surface area contributed by atoms with Crippen LogP contribution in [0, 0.1) is 5.92 Å². The third-order valence-corrected chi connectivity index (χ3v) is 4.28. The highest BCUT2D eigenvalue weighted by molar-refractivity contribution is 7.22. The number of aromatic nitrogens is 1. The number of fused-ring (bicyclic) bond motifs is 1. The summed E-state index contributed by atoms with van der Waals surface area (Å²) in [5.74, 6) is 0.727. The van der Waals surface area contributed by atoms with Crippen LogP contribution in [0.2, 0.25) is 5.02 Å². The van der Waals surface area contributed by atoms with E-state index in [4.69, 9.17) is 11.6 Å². The zero-order valence-electron chi connectivity index (χ0n) is 10.2. The molecule has 0 aliphatic carbocycles. The van der Waals surface area contributed by atoms with Gasteiger partial charge in [-0.25, -0.2) is 4.98 Å². The van der Waals surface area contributed by atoms with E-state index in [1.165, 1.54) is 17.5 Å². The Kier molecular flexibility index (Phi) is 4.24. The lowest BCUT2D eigenvalue weighted by atomic mass is 10.0. The van der Waals surface area contributed by atoms with Crippen molar-refractivity contribution >= 4 is 38.3 Å². The second-order valence-corrected chi connectivity index (χ2v) is 5.66. The van der Waals surface area contributed by atoms with Crippen molar-refractivity contribution in [2.75, 3.05) is 11.9 Å². The van der Waals surface area contributed by atoms with E-state index >= 15 is 0 Å². The minimum Gasteiger partial charge on any atom is -0.361 e. The molecule has 1 N–H and O–H groups in total. The van der Waals surface area contributed by atoms with Gasteiger partial charge in [-0.1, -0.05) is 49.6 Å². The van der Waals surface area contributed by atoms with Crippen LogP contribution in [0.25, 0.3) is 10.2 Å². The van der Waals surface area contributed by atoms with E-state index in [9.17, 15) is 0 Å². The van der Waals surface area contributed by atoms with Crippen molar-refractivity contribution in [3.63, 3.8) is 0 Å². The summed E-state index contributed by atoms with van der Waals surface area (Å²) >= 11 is 7.63. The van der Waals surface area contributed by atoms with Crippen LogP contribution in [-0.4, -0.2) is 11.5 Å². The Labute approximate surface area is 111 Å². The Morgan fingerprint density at radius 1 is 1.35 bits per heavy atom. The van der Waals surface area contributed by atoms with Crippen LogP contribution >= 0.6 is 22.9 Å². The summed E-state index contributed by atoms with van der Waals surface area (Å²) in [5.41, 5.74) is 0.981. The standard InChI is InChI=1S/C13H17ClN2S/c1-3-9(4-2)8-15-13-16-11-7-10(14)5-6-12(11)17-13/h5-7,9H,3-4,8H2,1-2H3,(H,15,16). The predicted molar refractivity (Wildman–Crippen MR) is 77.2 cm³/mol. The molecule has 0 bridgehead atoms. The number of hydrogen-bond acceptors (Lipinski definition) is 3. The highest BCUT2D eigenvalue weighted by Gasteiger charge is 2.07. The molecule has 0 saturated heterocycles. The smallest absolute Gasteiger partial charge is 0.183 e. The van der Waals surface area contributed by atoms with Gasteiger partial charge in [-0.2, -0.15) is 0 Å². The van der Waals surface area contributed by atoms with E-state index in [0.717, 1.165) is 28.1 Å². The molecule has 4 heteroatoms. The normalized spacial score (nSPS) is 11.3. The molecule has 0 spiro atoms. The van der Waals surface area contributed by atoms with E-state index in [2.05, 4.69) is 24.1 Å². The van der Waals surface area contributed by atoms with Gasteiger partial charge >= 0.3 is 0 Å². The van der Waals surface area contributed by atoms with Gasteiger partial charge in [-0.05, 0) is 24.1 Å². The fraction of sp³-hybridized carbons (Fsp3) is 0.462. The van der Waals surface area contributed by atoms with Crippen molar-refractivity contribution in [2.45, 2.75) is 26.7 Å². The molecule has 0 unspecified atom stereocenters. The molecular weight excluding hydrogens is 252 g/mol. The first-order valence-electron chi connectivity index (χ1n) is 6.02. The molecule has 2 aromatic rings. The first-order valence-corrected chi connectivity index (χ1v) is 7.22. The molecule has 0 radical (unpaired) electrons. The van der Waals surface area contributed by atoms with Gasteiger partial charge in [0, 0.05) is 11.6 Å². The Hall–Kier alpha value is -0.800. The molecule has 0 saturated carbocycles. The van der Waals surface area contributed by atoms with Crippen molar-refractivity contribution in [3.8, 4) is 0 Å². The van der Waals surface area contributed by atoms with E-state index in [1.807, 2.05) is 18.2 Å². The predicted octanol–water partition coefficient (Wildman–Crippen LogP) is 4.80. The van der Waals surface area contributed by atoms with Crippen LogP contribution in [0.3, 0.4) is 0 Å². The van der Waals surface area contributed by atoms with E-state index < -0.39 is 0 Å². The average molecular weight is 269 g/mol. The molecule has 1 heterocycles. The van der Waals surface area contributed by atoms with Crippen LogP contribution in [0.1, 0.15) is 26.7 Å². The first kappa shape index (κ1) is 12.7. The van der Waals surface area contributed by atoms with Gasteiger partial charge in [0.15, 0.2) is 5.13 Å². The van der Waals surface area contributed by atoms with Gasteiger partial charge in [-0.15, -0.1) is 0 Å². The monoisotopic (exact) mass is 268 g/mol. The topological polar surface area (TPSA) is 24.9 Å². The molecule has 1 aromatic carbocycles. The molecule has 2 rings (SSSR count). The third-order valence-electron chi connectivity index (χ3n) is 3.05. The Balaban J connectivity index is 2.09. The Morgan fingerprint density at radius 2 is 2.12 bits per heavy atom. The molecule has 0 aliphatic rings. The van der Waals surface area contributed by atoms with Crippen LogP contribution < -0.4 is 5.32 Å². The molecule has 2 nitrogen and oxygen atoms in total. The number of hydrogen-bond donors (Lipinski definition) is 1. The largest absolute Gasteiger partial charge is 0.361 e. The van der Waals surface area contributed by atoms with Gasteiger partial charge in [0.05, 0.1) is 10.2 Å². The summed E-state index contributed by atoms with van der Waals surface area (Å²) in [7, 11) is 0. The van der Waals surface area contributed by atoms with Crippen LogP contribution in [-0.2, 0) is 0 Å². The molecule has 0 atom stereocenters. The number of rotatable bonds is 5. The highest BCUT2D eigenvalue weighted by Crippen LogP contribution is 2.28. The Morgan fingerprint density at radius 3 is 2.82 bits per heavy atom. The van der Waals surface area contributed by atoms with Crippen LogP contribution in [0.4, 0.5) is 5.13 Å².